The second-order valence-corrected chi connectivity index (χ2v) is 7.75. The third-order valence-electron chi connectivity index (χ3n) is 4.48. The number of ether oxygens (including phenoxy) is 3. The van der Waals surface area contributed by atoms with Crippen LogP contribution in [0.25, 0.3) is 0 Å². The van der Waals surface area contributed by atoms with Gasteiger partial charge in [-0.25, -0.2) is 0 Å². The second kappa shape index (κ2) is 9.66. The molecule has 1 aromatic heterocycles. The lowest BCUT2D eigenvalue weighted by atomic mass is 10.0. The number of benzene rings is 1. The molecule has 2 aromatic rings. The van der Waals surface area contributed by atoms with Crippen LogP contribution >= 0.6 is 23.2 Å². The molecule has 1 heterocycles. The van der Waals surface area contributed by atoms with E-state index in [1.165, 1.54) is 25.1 Å². The molecule has 0 N–H and O–H groups in total. The molecule has 1 unspecified atom stereocenters. The van der Waals surface area contributed by atoms with Gasteiger partial charge in [0.25, 0.3) is 0 Å². The molecule has 1 aromatic carbocycles. The van der Waals surface area contributed by atoms with Gasteiger partial charge < -0.3 is 19.4 Å². The molecule has 0 radical (unpaired) electrons. The zero-order valence-electron chi connectivity index (χ0n) is 15.9. The molecule has 1 fully saturated rings. The van der Waals surface area contributed by atoms with Gasteiger partial charge in [-0.05, 0) is 36.5 Å². The van der Waals surface area contributed by atoms with Crippen LogP contribution in [0.2, 0.25) is 10.0 Å². The van der Waals surface area contributed by atoms with Gasteiger partial charge in [0.15, 0.2) is 23.9 Å². The Morgan fingerprint density at radius 2 is 1.90 bits per heavy atom. The van der Waals surface area contributed by atoms with E-state index in [1.54, 1.807) is 0 Å². The number of esters is 1. The number of hydrogen-bond donors (Lipinski definition) is 0. The highest BCUT2D eigenvalue weighted by Crippen LogP contribution is 2.37. The molecule has 3 rings (SSSR count). The van der Waals surface area contributed by atoms with Crippen molar-refractivity contribution in [1.29, 1.82) is 0 Å². The Balaban J connectivity index is 1.92. The minimum absolute atomic E-state index is 0.0647. The lowest BCUT2D eigenvalue weighted by Crippen LogP contribution is -2.25. The van der Waals surface area contributed by atoms with E-state index in [4.69, 9.17) is 32.7 Å². The smallest absolute Gasteiger partial charge is 0.387 e. The van der Waals surface area contributed by atoms with Gasteiger partial charge in [0.05, 0.1) is 6.61 Å². The Hall–Kier alpha value is -2.32. The summed E-state index contributed by atoms with van der Waals surface area (Å²) < 4.78 is 41.6. The normalized spacial score (nSPS) is 14.5. The third-order valence-corrected chi connectivity index (χ3v) is 5.13. The maximum atomic E-state index is 12.7. The molecule has 6 nitrogen and oxygen atoms in total. The van der Waals surface area contributed by atoms with Crippen LogP contribution < -0.4 is 14.2 Å². The van der Waals surface area contributed by atoms with Crippen LogP contribution in [0, 0.1) is 11.1 Å². The average molecular weight is 462 g/mol. The van der Waals surface area contributed by atoms with Gasteiger partial charge in [0, 0.05) is 18.9 Å². The molecule has 1 aliphatic carbocycles. The van der Waals surface area contributed by atoms with Crippen molar-refractivity contribution < 1.29 is 32.5 Å². The molecule has 0 aliphatic heterocycles. The van der Waals surface area contributed by atoms with Crippen LogP contribution in [0.1, 0.15) is 37.0 Å². The van der Waals surface area contributed by atoms with Crippen molar-refractivity contribution in [2.24, 2.45) is 5.92 Å². The Kier molecular flexibility index (Phi) is 7.20. The highest BCUT2D eigenvalue weighted by molar-refractivity contribution is 6.35. The summed E-state index contributed by atoms with van der Waals surface area (Å²) in [7, 11) is 0. The first-order valence-corrected chi connectivity index (χ1v) is 9.94. The van der Waals surface area contributed by atoms with Crippen LogP contribution in [-0.2, 0) is 16.0 Å². The molecule has 10 heteroatoms. The minimum Gasteiger partial charge on any atom is -0.619 e. The molecular formula is C20H19Cl2F2NO5. The molecule has 0 amide bonds. The molecule has 162 valence electrons. The monoisotopic (exact) mass is 461 g/mol. The highest BCUT2D eigenvalue weighted by Gasteiger charge is 2.25. The van der Waals surface area contributed by atoms with Crippen molar-refractivity contribution in [1.82, 2.24) is 0 Å². The zero-order chi connectivity index (χ0) is 21.8. The van der Waals surface area contributed by atoms with Gasteiger partial charge in [0.1, 0.15) is 16.1 Å². The van der Waals surface area contributed by atoms with Crippen molar-refractivity contribution in [2.45, 2.75) is 38.9 Å². The molecule has 1 saturated carbocycles. The second-order valence-electron chi connectivity index (χ2n) is 6.93. The first-order valence-electron chi connectivity index (χ1n) is 9.18. The summed E-state index contributed by atoms with van der Waals surface area (Å²) in [5.41, 5.74) is 0.883. The quantitative estimate of drug-likeness (QED) is 0.302. The Morgan fingerprint density at radius 1 is 1.23 bits per heavy atom. The number of halogens is 4. The van der Waals surface area contributed by atoms with Crippen LogP contribution in [-0.4, -0.2) is 19.2 Å². The summed E-state index contributed by atoms with van der Waals surface area (Å²) in [6.45, 7) is -1.39. The number of rotatable bonds is 9. The van der Waals surface area contributed by atoms with Crippen LogP contribution in [0.3, 0.4) is 0 Å². The van der Waals surface area contributed by atoms with Crippen molar-refractivity contribution in [3.8, 4) is 11.5 Å². The summed E-state index contributed by atoms with van der Waals surface area (Å²) >= 11 is 12.3. The third kappa shape index (κ3) is 6.09. The fraction of sp³-hybridized carbons (Fsp3) is 0.400. The number of hydrogen-bond acceptors (Lipinski definition) is 5. The number of alkyl halides is 2. The van der Waals surface area contributed by atoms with E-state index in [1.807, 2.05) is 0 Å². The van der Waals surface area contributed by atoms with E-state index in [0.717, 1.165) is 25.2 Å². The van der Waals surface area contributed by atoms with Gasteiger partial charge in [-0.2, -0.15) is 13.5 Å². The van der Waals surface area contributed by atoms with Gasteiger partial charge >= 0.3 is 12.6 Å². The lowest BCUT2D eigenvalue weighted by molar-refractivity contribution is -0.605. The van der Waals surface area contributed by atoms with Crippen molar-refractivity contribution in [3.63, 3.8) is 0 Å². The van der Waals surface area contributed by atoms with Gasteiger partial charge in [-0.15, -0.1) is 0 Å². The predicted octanol–water partition coefficient (Wildman–Crippen LogP) is 4.86. The van der Waals surface area contributed by atoms with E-state index >= 15 is 0 Å². The Bertz CT molecular complexity index is 901. The molecule has 0 bridgehead atoms. The maximum absolute atomic E-state index is 12.7. The van der Waals surface area contributed by atoms with Gasteiger partial charge in [-0.3, -0.25) is 4.79 Å². The Morgan fingerprint density at radius 3 is 2.47 bits per heavy atom. The van der Waals surface area contributed by atoms with E-state index in [-0.39, 0.29) is 28.0 Å². The van der Waals surface area contributed by atoms with E-state index in [9.17, 15) is 18.8 Å². The molecule has 30 heavy (non-hydrogen) atoms. The lowest BCUT2D eigenvalue weighted by Gasteiger charge is -2.20. The number of pyridine rings is 1. The average Bonchev–Trinajstić information content (AvgIpc) is 3.46. The SMILES string of the molecule is CC(=O)OC(Cc1c(Cl)c[n+]([O-])cc1Cl)c1ccc(OC(F)F)c(OCC2CC2)c1. The minimum atomic E-state index is -3.01. The molecule has 1 aliphatic rings. The van der Waals surface area contributed by atoms with Crippen LogP contribution in [0.15, 0.2) is 30.6 Å². The topological polar surface area (TPSA) is 71.7 Å². The summed E-state index contributed by atoms with van der Waals surface area (Å²) in [5.74, 6) is -0.160. The molecule has 0 saturated heterocycles. The van der Waals surface area contributed by atoms with E-state index < -0.39 is 18.7 Å². The Labute approximate surface area is 181 Å². The standard InChI is InChI=1S/C20H19Cl2F2NO5/c1-11(26)29-18(7-14-15(21)8-25(27)9-16(14)22)13-4-5-17(30-20(23)24)19(6-13)28-10-12-2-3-12/h4-6,8-9,12,18,20H,2-3,7,10H2,1H3. The summed E-state index contributed by atoms with van der Waals surface area (Å²) in [4.78, 5) is 11.7. The fourth-order valence-corrected chi connectivity index (χ4v) is 3.46. The number of carbonyl (C=O) groups excluding carboxylic acids is 1. The summed E-state index contributed by atoms with van der Waals surface area (Å²) in [5, 5.41) is 11.7. The molecule has 1 atom stereocenters. The van der Waals surface area contributed by atoms with Crippen molar-refractivity contribution in [3.05, 3.63) is 57.0 Å². The summed E-state index contributed by atoms with van der Waals surface area (Å²) in [6.07, 6.45) is 3.53. The first kappa shape index (κ1) is 22.4. The zero-order valence-corrected chi connectivity index (χ0v) is 17.5. The first-order chi connectivity index (χ1) is 14.2. The predicted molar refractivity (Wildman–Crippen MR) is 105 cm³/mol. The van der Waals surface area contributed by atoms with E-state index in [0.29, 0.717) is 28.4 Å². The summed E-state index contributed by atoms with van der Waals surface area (Å²) in [6, 6.07) is 4.32. The number of aromatic nitrogens is 1. The van der Waals surface area contributed by atoms with Crippen LogP contribution in [0.4, 0.5) is 8.78 Å². The van der Waals surface area contributed by atoms with Crippen molar-refractivity contribution >= 4 is 29.2 Å². The molecule has 0 spiro atoms. The largest absolute Gasteiger partial charge is 0.619 e. The van der Waals surface area contributed by atoms with Crippen LogP contribution in [0.5, 0.6) is 11.5 Å². The number of carbonyl (C=O) groups is 1. The number of nitrogens with zero attached hydrogens (tertiary/aromatic N) is 1. The highest BCUT2D eigenvalue weighted by atomic mass is 35.5. The maximum Gasteiger partial charge on any atom is 0.387 e. The van der Waals surface area contributed by atoms with Gasteiger partial charge in [0.2, 0.25) is 0 Å². The fourth-order valence-electron chi connectivity index (χ4n) is 2.86. The van der Waals surface area contributed by atoms with E-state index in [2.05, 4.69) is 4.74 Å². The van der Waals surface area contributed by atoms with Gasteiger partial charge in [-0.1, -0.05) is 29.3 Å². The molecular weight excluding hydrogens is 443 g/mol. The van der Waals surface area contributed by atoms with Crippen molar-refractivity contribution in [2.75, 3.05) is 6.61 Å².